The van der Waals surface area contributed by atoms with Crippen LogP contribution in [0.15, 0.2) is 48.9 Å². The van der Waals surface area contributed by atoms with Crippen LogP contribution >= 0.6 is 0 Å². The zero-order chi connectivity index (χ0) is 17.3. The van der Waals surface area contributed by atoms with E-state index in [4.69, 9.17) is 0 Å². The Labute approximate surface area is 147 Å². The summed E-state index contributed by atoms with van der Waals surface area (Å²) >= 11 is 0. The second-order valence-corrected chi connectivity index (χ2v) is 7.09. The second kappa shape index (κ2) is 6.56. The van der Waals surface area contributed by atoms with Gasteiger partial charge in [-0.15, -0.1) is 0 Å². The molecule has 1 aromatic carbocycles. The summed E-state index contributed by atoms with van der Waals surface area (Å²) in [5, 5.41) is 11.5. The van der Waals surface area contributed by atoms with Gasteiger partial charge in [0.2, 0.25) is 0 Å². The van der Waals surface area contributed by atoms with Gasteiger partial charge in [0, 0.05) is 24.7 Å². The van der Waals surface area contributed by atoms with Crippen molar-refractivity contribution in [1.82, 2.24) is 14.9 Å². The molecule has 1 N–H and O–H groups in total. The highest BCUT2D eigenvalue weighted by Crippen LogP contribution is 2.47. The molecule has 0 unspecified atom stereocenters. The standard InChI is InChI=1S/C20H23N3O2/c24-19(17-10-12-21-14-22-17)23-13-11-20(25,15-6-2-1-3-7-15)16-8-4-5-9-18(16)23/h1-3,6-7,10,12,14,16,18,25H,4-5,8-9,11,13H2/t16-,18+,20-/m1/s1. The number of carbonyl (C=O) groups is 1. The molecule has 2 fully saturated rings. The summed E-state index contributed by atoms with van der Waals surface area (Å²) in [6, 6.07) is 11.7. The molecule has 130 valence electrons. The third-order valence-corrected chi connectivity index (χ3v) is 5.81. The van der Waals surface area contributed by atoms with Crippen LogP contribution in [-0.4, -0.2) is 38.5 Å². The minimum Gasteiger partial charge on any atom is -0.385 e. The van der Waals surface area contributed by atoms with Crippen molar-refractivity contribution >= 4 is 5.91 Å². The van der Waals surface area contributed by atoms with Gasteiger partial charge in [-0.05, 0) is 30.9 Å². The Morgan fingerprint density at radius 1 is 1.16 bits per heavy atom. The number of aromatic nitrogens is 2. The lowest BCUT2D eigenvalue weighted by atomic mass is 9.66. The predicted molar refractivity (Wildman–Crippen MR) is 93.8 cm³/mol. The SMILES string of the molecule is O=C(c1ccncn1)N1CC[C@@](O)(c2ccccc2)[C@@H]2CCCC[C@@H]21. The zero-order valence-corrected chi connectivity index (χ0v) is 14.2. The van der Waals surface area contributed by atoms with Crippen LogP contribution < -0.4 is 0 Å². The van der Waals surface area contributed by atoms with E-state index in [0.29, 0.717) is 18.7 Å². The average Bonchev–Trinajstić information content (AvgIpc) is 2.69. The first-order valence-corrected chi connectivity index (χ1v) is 9.05. The number of amides is 1. The summed E-state index contributed by atoms with van der Waals surface area (Å²) in [7, 11) is 0. The smallest absolute Gasteiger partial charge is 0.272 e. The largest absolute Gasteiger partial charge is 0.385 e. The number of rotatable bonds is 2. The number of aliphatic hydroxyl groups is 1. The van der Waals surface area contributed by atoms with Crippen LogP contribution in [0.4, 0.5) is 0 Å². The quantitative estimate of drug-likeness (QED) is 0.915. The van der Waals surface area contributed by atoms with Gasteiger partial charge in [-0.25, -0.2) is 9.97 Å². The predicted octanol–water partition coefficient (Wildman–Crippen LogP) is 2.77. The third-order valence-electron chi connectivity index (χ3n) is 5.81. The fourth-order valence-corrected chi connectivity index (χ4v) is 4.59. The number of benzene rings is 1. The molecule has 0 bridgehead atoms. The van der Waals surface area contributed by atoms with E-state index in [1.165, 1.54) is 6.33 Å². The van der Waals surface area contributed by atoms with Gasteiger partial charge in [-0.2, -0.15) is 0 Å². The van der Waals surface area contributed by atoms with Crippen LogP contribution in [0.25, 0.3) is 0 Å². The Bertz CT molecular complexity index is 737. The molecule has 1 amide bonds. The van der Waals surface area contributed by atoms with E-state index in [9.17, 15) is 9.90 Å². The summed E-state index contributed by atoms with van der Waals surface area (Å²) < 4.78 is 0. The van der Waals surface area contributed by atoms with Crippen molar-refractivity contribution in [2.24, 2.45) is 5.92 Å². The Balaban J connectivity index is 1.66. The minimum absolute atomic E-state index is 0.0468. The van der Waals surface area contributed by atoms with Crippen molar-refractivity contribution < 1.29 is 9.90 Å². The lowest BCUT2D eigenvalue weighted by Gasteiger charge is -2.52. The molecule has 5 nitrogen and oxygen atoms in total. The van der Waals surface area contributed by atoms with Crippen LogP contribution in [0.2, 0.25) is 0 Å². The van der Waals surface area contributed by atoms with Crippen molar-refractivity contribution in [3.8, 4) is 0 Å². The Morgan fingerprint density at radius 2 is 1.96 bits per heavy atom. The Kier molecular flexibility index (Phi) is 4.25. The van der Waals surface area contributed by atoms with Crippen molar-refractivity contribution in [2.75, 3.05) is 6.54 Å². The number of likely N-dealkylation sites (tertiary alicyclic amines) is 1. The van der Waals surface area contributed by atoms with Gasteiger partial charge in [-0.3, -0.25) is 4.79 Å². The molecule has 0 spiro atoms. The van der Waals surface area contributed by atoms with Gasteiger partial charge in [0.1, 0.15) is 12.0 Å². The molecule has 25 heavy (non-hydrogen) atoms. The summed E-state index contributed by atoms with van der Waals surface area (Å²) in [4.78, 5) is 22.9. The van der Waals surface area contributed by atoms with Crippen molar-refractivity contribution in [3.05, 3.63) is 60.2 Å². The molecule has 1 aliphatic heterocycles. The molecule has 1 saturated carbocycles. The lowest BCUT2D eigenvalue weighted by Crippen LogP contribution is -2.59. The van der Waals surface area contributed by atoms with Gasteiger partial charge < -0.3 is 10.0 Å². The van der Waals surface area contributed by atoms with Gasteiger partial charge in [0.25, 0.3) is 5.91 Å². The average molecular weight is 337 g/mol. The highest BCUT2D eigenvalue weighted by Gasteiger charge is 2.50. The second-order valence-electron chi connectivity index (χ2n) is 7.09. The summed E-state index contributed by atoms with van der Waals surface area (Å²) in [6.07, 6.45) is 7.67. The van der Waals surface area contributed by atoms with Crippen LogP contribution in [0, 0.1) is 5.92 Å². The molecule has 1 saturated heterocycles. The molecular weight excluding hydrogens is 314 g/mol. The molecule has 2 heterocycles. The molecule has 1 aromatic heterocycles. The summed E-state index contributed by atoms with van der Waals surface area (Å²) in [5.41, 5.74) is 0.555. The molecule has 3 atom stereocenters. The fraction of sp³-hybridized carbons (Fsp3) is 0.450. The minimum atomic E-state index is -0.852. The lowest BCUT2D eigenvalue weighted by molar-refractivity contribution is -0.110. The van der Waals surface area contributed by atoms with Gasteiger partial charge in [0.05, 0.1) is 5.60 Å². The number of hydrogen-bond donors (Lipinski definition) is 1. The van der Waals surface area contributed by atoms with Crippen molar-refractivity contribution in [1.29, 1.82) is 0 Å². The van der Waals surface area contributed by atoms with Gasteiger partial charge in [0.15, 0.2) is 0 Å². The van der Waals surface area contributed by atoms with E-state index in [1.807, 2.05) is 35.2 Å². The Morgan fingerprint density at radius 3 is 2.72 bits per heavy atom. The number of piperidine rings is 1. The van der Waals surface area contributed by atoms with E-state index in [-0.39, 0.29) is 17.9 Å². The van der Waals surface area contributed by atoms with Crippen molar-refractivity contribution in [3.63, 3.8) is 0 Å². The maximum absolute atomic E-state index is 13.0. The number of hydrogen-bond acceptors (Lipinski definition) is 4. The van der Waals surface area contributed by atoms with Gasteiger partial charge >= 0.3 is 0 Å². The number of fused-ring (bicyclic) bond motifs is 1. The van der Waals surface area contributed by atoms with Crippen LogP contribution in [0.3, 0.4) is 0 Å². The normalized spacial score (nSPS) is 29.1. The number of carbonyl (C=O) groups excluding carboxylic acids is 1. The molecular formula is C20H23N3O2. The van der Waals surface area contributed by atoms with Crippen molar-refractivity contribution in [2.45, 2.75) is 43.7 Å². The first-order chi connectivity index (χ1) is 12.2. The molecule has 2 aromatic rings. The molecule has 0 radical (unpaired) electrons. The molecule has 5 heteroatoms. The summed E-state index contributed by atoms with van der Waals surface area (Å²) in [5.74, 6) is 0.0256. The maximum Gasteiger partial charge on any atom is 0.272 e. The highest BCUT2D eigenvalue weighted by molar-refractivity contribution is 5.92. The van der Waals surface area contributed by atoms with Gasteiger partial charge in [-0.1, -0.05) is 43.2 Å². The fourth-order valence-electron chi connectivity index (χ4n) is 4.59. The Hall–Kier alpha value is -2.27. The third kappa shape index (κ3) is 2.82. The maximum atomic E-state index is 13.0. The van der Waals surface area contributed by atoms with Crippen LogP contribution in [-0.2, 0) is 5.60 Å². The topological polar surface area (TPSA) is 66.3 Å². The number of nitrogens with zero attached hydrogens (tertiary/aromatic N) is 3. The van der Waals surface area contributed by atoms with E-state index < -0.39 is 5.60 Å². The van der Waals surface area contributed by atoms with E-state index in [0.717, 1.165) is 31.2 Å². The monoisotopic (exact) mass is 337 g/mol. The van der Waals surface area contributed by atoms with Crippen LogP contribution in [0.1, 0.15) is 48.2 Å². The van der Waals surface area contributed by atoms with Crippen LogP contribution in [0.5, 0.6) is 0 Å². The van der Waals surface area contributed by atoms with E-state index in [2.05, 4.69) is 9.97 Å². The summed E-state index contributed by atoms with van der Waals surface area (Å²) in [6.45, 7) is 0.551. The first kappa shape index (κ1) is 16.2. The zero-order valence-electron chi connectivity index (χ0n) is 14.2. The van der Waals surface area contributed by atoms with E-state index in [1.54, 1.807) is 12.3 Å². The molecule has 4 rings (SSSR count). The molecule has 2 aliphatic rings. The highest BCUT2D eigenvalue weighted by atomic mass is 16.3. The van der Waals surface area contributed by atoms with E-state index >= 15 is 0 Å². The molecule has 1 aliphatic carbocycles. The first-order valence-electron chi connectivity index (χ1n) is 9.05.